The van der Waals surface area contributed by atoms with Crippen LogP contribution >= 0.6 is 22.7 Å². The molecule has 4 rings (SSSR count). The molecule has 4 N–H and O–H groups in total. The van der Waals surface area contributed by atoms with E-state index in [2.05, 4.69) is 5.32 Å². The summed E-state index contributed by atoms with van der Waals surface area (Å²) in [5.41, 5.74) is -1.26. The number of aliphatic hydroxyl groups is 1. The van der Waals surface area contributed by atoms with Crippen LogP contribution in [0.4, 0.5) is 0 Å². The standard InChI is InChI=1S/C15H17N3O5S3/c16-26(22,23)15(2-3-15)13(20)18-7-14(21,8-18)6-17-11(19)10-5-9-1-4-24-12(9)25-10/h1,4-5,21H,2-3,6-8H2,(H,17,19)(H2,16,22,23). The number of likely N-dealkylation sites (tertiary alicyclic amines) is 1. The molecule has 8 nitrogen and oxygen atoms in total. The topological polar surface area (TPSA) is 130 Å². The Balaban J connectivity index is 1.33. The number of carbonyl (C=O) groups is 2. The van der Waals surface area contributed by atoms with Crippen molar-refractivity contribution in [3.05, 3.63) is 22.4 Å². The maximum Gasteiger partial charge on any atom is 0.261 e. The Morgan fingerprint density at radius 2 is 2.04 bits per heavy atom. The summed E-state index contributed by atoms with van der Waals surface area (Å²) in [6.07, 6.45) is 0.428. The average Bonchev–Trinajstić information content (AvgIpc) is 3.09. The molecular weight excluding hydrogens is 398 g/mol. The highest BCUT2D eigenvalue weighted by Gasteiger charge is 2.63. The van der Waals surface area contributed by atoms with E-state index in [9.17, 15) is 23.1 Å². The zero-order chi connectivity index (χ0) is 18.7. The van der Waals surface area contributed by atoms with Crippen molar-refractivity contribution < 1.29 is 23.1 Å². The Kier molecular flexibility index (Phi) is 3.94. The highest BCUT2D eigenvalue weighted by Crippen LogP contribution is 2.45. The van der Waals surface area contributed by atoms with Crippen molar-refractivity contribution in [1.29, 1.82) is 0 Å². The van der Waals surface area contributed by atoms with Crippen LogP contribution in [0.25, 0.3) is 9.40 Å². The van der Waals surface area contributed by atoms with Crippen molar-refractivity contribution in [2.45, 2.75) is 23.2 Å². The van der Waals surface area contributed by atoms with Crippen molar-refractivity contribution in [1.82, 2.24) is 10.2 Å². The Bertz CT molecular complexity index is 970. The quantitative estimate of drug-likeness (QED) is 0.637. The van der Waals surface area contributed by atoms with Crippen molar-refractivity contribution >= 4 is 53.9 Å². The van der Waals surface area contributed by atoms with Gasteiger partial charge in [0.15, 0.2) is 4.75 Å². The lowest BCUT2D eigenvalue weighted by Gasteiger charge is -2.47. The van der Waals surface area contributed by atoms with E-state index in [-0.39, 0.29) is 38.4 Å². The number of thiophene rings is 2. The molecule has 0 bridgehead atoms. The molecule has 0 unspecified atom stereocenters. The number of sulfonamides is 1. The van der Waals surface area contributed by atoms with Gasteiger partial charge >= 0.3 is 0 Å². The first-order valence-electron chi connectivity index (χ1n) is 7.93. The van der Waals surface area contributed by atoms with E-state index in [4.69, 9.17) is 5.14 Å². The fourth-order valence-corrected chi connectivity index (χ4v) is 6.22. The van der Waals surface area contributed by atoms with Crippen LogP contribution in [0.2, 0.25) is 0 Å². The minimum absolute atomic E-state index is 0.0104. The van der Waals surface area contributed by atoms with Crippen LogP contribution in [0.5, 0.6) is 0 Å². The predicted molar refractivity (Wildman–Crippen MR) is 98.6 cm³/mol. The van der Waals surface area contributed by atoms with E-state index in [1.807, 2.05) is 11.4 Å². The summed E-state index contributed by atoms with van der Waals surface area (Å²) in [5, 5.41) is 21.2. The normalized spacial score (nSPS) is 20.6. The number of nitrogens with one attached hydrogen (secondary N) is 1. The number of hydrogen-bond donors (Lipinski definition) is 3. The minimum Gasteiger partial charge on any atom is -0.384 e. The molecule has 3 heterocycles. The SMILES string of the molecule is NS(=O)(=O)C1(C(=O)N2CC(O)(CNC(=O)c3cc4ccsc4s3)C2)CC1. The summed E-state index contributed by atoms with van der Waals surface area (Å²) in [6, 6.07) is 3.74. The number of carbonyl (C=O) groups excluding carboxylic acids is 2. The summed E-state index contributed by atoms with van der Waals surface area (Å²) in [7, 11) is -3.96. The van der Waals surface area contributed by atoms with Crippen molar-refractivity contribution in [3.63, 3.8) is 0 Å². The maximum absolute atomic E-state index is 12.3. The summed E-state index contributed by atoms with van der Waals surface area (Å²) in [6.45, 7) is -0.0602. The van der Waals surface area contributed by atoms with Crippen LogP contribution in [-0.4, -0.2) is 60.2 Å². The first-order valence-corrected chi connectivity index (χ1v) is 11.2. The second-order valence-corrected chi connectivity index (χ2v) is 11.0. The first kappa shape index (κ1) is 17.9. The second kappa shape index (κ2) is 5.73. The molecule has 0 radical (unpaired) electrons. The molecule has 26 heavy (non-hydrogen) atoms. The van der Waals surface area contributed by atoms with Gasteiger partial charge in [-0.2, -0.15) is 0 Å². The number of nitrogens with two attached hydrogens (primary N) is 1. The summed E-state index contributed by atoms with van der Waals surface area (Å²) in [4.78, 5) is 26.4. The molecule has 0 spiro atoms. The molecule has 0 aromatic carbocycles. The average molecular weight is 416 g/mol. The highest BCUT2D eigenvalue weighted by molar-refractivity contribution is 7.91. The van der Waals surface area contributed by atoms with Crippen LogP contribution in [-0.2, 0) is 14.8 Å². The Labute approximate surface area is 157 Å². The van der Waals surface area contributed by atoms with Crippen LogP contribution in [0.15, 0.2) is 17.5 Å². The number of nitrogens with zero attached hydrogens (tertiary/aromatic N) is 1. The van der Waals surface area contributed by atoms with Gasteiger partial charge in [0.2, 0.25) is 15.9 Å². The second-order valence-electron chi connectivity index (χ2n) is 6.88. The smallest absolute Gasteiger partial charge is 0.261 e. The number of primary sulfonamides is 1. The lowest BCUT2D eigenvalue weighted by molar-refractivity contribution is -0.154. The third kappa shape index (κ3) is 2.83. The number of amides is 2. The lowest BCUT2D eigenvalue weighted by Crippen LogP contribution is -2.69. The van der Waals surface area contributed by atoms with Gasteiger partial charge in [-0.3, -0.25) is 9.59 Å². The van der Waals surface area contributed by atoms with E-state index in [1.54, 1.807) is 17.4 Å². The zero-order valence-electron chi connectivity index (χ0n) is 13.6. The van der Waals surface area contributed by atoms with Gasteiger partial charge < -0.3 is 15.3 Å². The molecule has 2 aromatic rings. The first-order chi connectivity index (χ1) is 12.1. The van der Waals surface area contributed by atoms with E-state index >= 15 is 0 Å². The maximum atomic E-state index is 12.3. The molecule has 1 saturated carbocycles. The molecule has 2 fully saturated rings. The molecular formula is C15H17N3O5S3. The van der Waals surface area contributed by atoms with Gasteiger partial charge in [-0.25, -0.2) is 13.6 Å². The molecule has 2 amide bonds. The van der Waals surface area contributed by atoms with Gasteiger partial charge in [0.1, 0.15) is 5.60 Å². The number of rotatable bonds is 5. The van der Waals surface area contributed by atoms with Crippen molar-refractivity contribution in [2.75, 3.05) is 19.6 Å². The molecule has 2 aromatic heterocycles. The summed E-state index contributed by atoms with van der Waals surface area (Å²) < 4.78 is 22.7. The Morgan fingerprint density at radius 1 is 1.35 bits per heavy atom. The molecule has 140 valence electrons. The van der Waals surface area contributed by atoms with E-state index in [0.717, 1.165) is 9.40 Å². The summed E-state index contributed by atoms with van der Waals surface area (Å²) >= 11 is 2.95. The zero-order valence-corrected chi connectivity index (χ0v) is 16.0. The van der Waals surface area contributed by atoms with Gasteiger partial charge in [0.05, 0.1) is 28.5 Å². The fraction of sp³-hybridized carbons (Fsp3) is 0.467. The van der Waals surface area contributed by atoms with Gasteiger partial charge in [0, 0.05) is 5.39 Å². The van der Waals surface area contributed by atoms with E-state index < -0.39 is 26.3 Å². The van der Waals surface area contributed by atoms with E-state index in [1.165, 1.54) is 16.2 Å². The molecule has 11 heteroatoms. The number of fused-ring (bicyclic) bond motifs is 1. The van der Waals surface area contributed by atoms with Crippen LogP contribution in [0, 0.1) is 0 Å². The van der Waals surface area contributed by atoms with Gasteiger partial charge in [-0.1, -0.05) is 0 Å². The Hall–Kier alpha value is -1.53. The molecule has 1 aliphatic heterocycles. The monoisotopic (exact) mass is 415 g/mol. The summed E-state index contributed by atoms with van der Waals surface area (Å²) in [5.74, 6) is -0.839. The van der Waals surface area contributed by atoms with Gasteiger partial charge in [-0.05, 0) is 30.4 Å². The highest BCUT2D eigenvalue weighted by atomic mass is 32.2. The van der Waals surface area contributed by atoms with Gasteiger partial charge in [0.25, 0.3) is 5.91 Å². The fourth-order valence-electron chi connectivity index (χ4n) is 3.15. The lowest BCUT2D eigenvalue weighted by atomic mass is 9.93. The van der Waals surface area contributed by atoms with Crippen molar-refractivity contribution in [3.8, 4) is 0 Å². The van der Waals surface area contributed by atoms with Crippen molar-refractivity contribution in [2.24, 2.45) is 5.14 Å². The largest absolute Gasteiger partial charge is 0.384 e. The predicted octanol–water partition coefficient (Wildman–Crippen LogP) is 0.0870. The minimum atomic E-state index is -3.96. The number of β-amino-alcohol motifs (C(OH)–C–C–N with tert-alkyl or cyclic N) is 1. The van der Waals surface area contributed by atoms with E-state index in [0.29, 0.717) is 4.88 Å². The molecule has 2 aliphatic rings. The van der Waals surface area contributed by atoms with Gasteiger partial charge in [-0.15, -0.1) is 22.7 Å². The third-order valence-electron chi connectivity index (χ3n) is 4.85. The molecule has 1 saturated heterocycles. The third-order valence-corrected chi connectivity index (χ3v) is 8.72. The Morgan fingerprint density at radius 3 is 2.62 bits per heavy atom. The molecule has 1 aliphatic carbocycles. The van der Waals surface area contributed by atoms with Crippen LogP contribution in [0.1, 0.15) is 22.5 Å². The number of hydrogen-bond acceptors (Lipinski definition) is 7. The molecule has 0 atom stereocenters. The van der Waals surface area contributed by atoms with Crippen LogP contribution < -0.4 is 10.5 Å². The van der Waals surface area contributed by atoms with Crippen LogP contribution in [0.3, 0.4) is 0 Å².